The lowest BCUT2D eigenvalue weighted by atomic mass is 9.94. The fraction of sp³-hybridized carbons (Fsp3) is 0.316. The van der Waals surface area contributed by atoms with Crippen LogP contribution in [0.5, 0.6) is 0 Å². The third kappa shape index (κ3) is 8.82. The van der Waals surface area contributed by atoms with Crippen LogP contribution in [0.25, 0.3) is 0 Å². The summed E-state index contributed by atoms with van der Waals surface area (Å²) in [7, 11) is -4.20. The highest BCUT2D eigenvalue weighted by Crippen LogP contribution is 2.30. The van der Waals surface area contributed by atoms with Crippen molar-refractivity contribution in [3.05, 3.63) is 130 Å². The molecule has 0 radical (unpaired) electrons. The molecule has 2 amide bonds. The van der Waals surface area contributed by atoms with Crippen LogP contribution in [-0.2, 0) is 32.6 Å². The van der Waals surface area contributed by atoms with Gasteiger partial charge in [-0.1, -0.05) is 115 Å². The summed E-state index contributed by atoms with van der Waals surface area (Å²) in [6.45, 7) is 3.36. The van der Waals surface area contributed by atoms with Crippen molar-refractivity contribution in [2.45, 2.75) is 75.9 Å². The van der Waals surface area contributed by atoms with Gasteiger partial charge in [-0.3, -0.25) is 13.9 Å². The van der Waals surface area contributed by atoms with Gasteiger partial charge in [0.1, 0.15) is 12.6 Å². The van der Waals surface area contributed by atoms with Gasteiger partial charge in [-0.2, -0.15) is 0 Å². The average molecular weight is 672 g/mol. The van der Waals surface area contributed by atoms with Gasteiger partial charge in [0, 0.05) is 24.0 Å². The van der Waals surface area contributed by atoms with Crippen LogP contribution in [-0.4, -0.2) is 43.8 Å². The van der Waals surface area contributed by atoms with Crippen molar-refractivity contribution in [2.75, 3.05) is 10.8 Å². The van der Waals surface area contributed by atoms with E-state index < -0.39 is 28.5 Å². The van der Waals surface area contributed by atoms with Crippen LogP contribution in [0.1, 0.15) is 54.4 Å². The molecule has 0 aliphatic heterocycles. The number of carbonyl (C=O) groups excluding carboxylic acids is 2. The Kier molecular flexibility index (Phi) is 11.4. The van der Waals surface area contributed by atoms with E-state index in [1.54, 1.807) is 48.2 Å². The maximum absolute atomic E-state index is 14.7. The van der Waals surface area contributed by atoms with Crippen LogP contribution < -0.4 is 9.62 Å². The van der Waals surface area contributed by atoms with Crippen LogP contribution >= 0.6 is 11.6 Å². The van der Waals surface area contributed by atoms with E-state index in [4.69, 9.17) is 11.6 Å². The van der Waals surface area contributed by atoms with Crippen molar-refractivity contribution >= 4 is 39.1 Å². The van der Waals surface area contributed by atoms with Gasteiger partial charge < -0.3 is 10.2 Å². The maximum Gasteiger partial charge on any atom is 0.264 e. The van der Waals surface area contributed by atoms with E-state index in [0.717, 1.165) is 53.1 Å². The number of nitrogens with zero attached hydrogens (tertiary/aromatic N) is 2. The summed E-state index contributed by atoms with van der Waals surface area (Å²) < 4.78 is 29.6. The maximum atomic E-state index is 14.7. The number of hydrogen-bond acceptors (Lipinski definition) is 4. The normalized spacial score (nSPS) is 14.3. The third-order valence-corrected chi connectivity index (χ3v) is 10.7. The first-order chi connectivity index (χ1) is 22.6. The molecular weight excluding hydrogens is 630 g/mol. The molecule has 246 valence electrons. The van der Waals surface area contributed by atoms with Crippen LogP contribution in [0.4, 0.5) is 5.69 Å². The summed E-state index contributed by atoms with van der Waals surface area (Å²) in [5, 5.41) is 3.59. The smallest absolute Gasteiger partial charge is 0.264 e. The Hall–Kier alpha value is -4.14. The Morgan fingerprint density at radius 1 is 0.830 bits per heavy atom. The minimum absolute atomic E-state index is 0.0366. The first-order valence-corrected chi connectivity index (χ1v) is 18.0. The average Bonchev–Trinajstić information content (AvgIpc) is 3.07. The predicted octanol–water partition coefficient (Wildman–Crippen LogP) is 7.24. The zero-order valence-corrected chi connectivity index (χ0v) is 28.5. The van der Waals surface area contributed by atoms with Crippen molar-refractivity contribution in [1.29, 1.82) is 0 Å². The molecule has 4 aromatic carbocycles. The molecule has 7 nitrogen and oxygen atoms in total. The number of halogens is 1. The third-order valence-electron chi connectivity index (χ3n) is 8.71. The first kappa shape index (κ1) is 34.2. The minimum atomic E-state index is -4.20. The molecule has 1 aliphatic rings. The zero-order valence-electron chi connectivity index (χ0n) is 26.9. The fourth-order valence-corrected chi connectivity index (χ4v) is 7.85. The summed E-state index contributed by atoms with van der Waals surface area (Å²) in [5.41, 5.74) is 3.71. The summed E-state index contributed by atoms with van der Waals surface area (Å²) >= 11 is 6.38. The Morgan fingerprint density at radius 2 is 1.49 bits per heavy atom. The van der Waals surface area contributed by atoms with E-state index in [9.17, 15) is 18.0 Å². The quantitative estimate of drug-likeness (QED) is 0.172. The largest absolute Gasteiger partial charge is 0.352 e. The number of anilines is 1. The monoisotopic (exact) mass is 671 g/mol. The van der Waals surface area contributed by atoms with Gasteiger partial charge in [0.25, 0.3) is 10.0 Å². The lowest BCUT2D eigenvalue weighted by Gasteiger charge is -2.35. The molecule has 0 saturated heterocycles. The molecule has 1 saturated carbocycles. The van der Waals surface area contributed by atoms with Crippen LogP contribution in [0.15, 0.2) is 108 Å². The lowest BCUT2D eigenvalue weighted by Crippen LogP contribution is -2.55. The summed E-state index contributed by atoms with van der Waals surface area (Å²) in [4.78, 5) is 30.6. The van der Waals surface area contributed by atoms with Crippen molar-refractivity contribution in [1.82, 2.24) is 10.2 Å². The van der Waals surface area contributed by atoms with Crippen LogP contribution in [0, 0.1) is 13.8 Å². The fourth-order valence-electron chi connectivity index (χ4n) is 6.19. The standard InChI is InChI=1S/C38H42ClN3O4S/c1-28-13-12-16-31(23-28)26-41(36(24-30-14-6-3-7-15-30)38(44)40-33-17-8-4-9-18-33)37(43)27-42(35-25-32(39)22-21-29(35)2)47(45,46)34-19-10-5-11-20-34/h3,5-7,10-16,19-23,25,33,36H,4,8-9,17-18,24,26-27H2,1-2H3,(H,40,44)/t36-/m0/s1. The van der Waals surface area contributed by atoms with Gasteiger partial charge in [-0.15, -0.1) is 0 Å². The molecular formula is C38H42ClN3O4S. The van der Waals surface area contributed by atoms with Gasteiger partial charge in [-0.25, -0.2) is 8.42 Å². The Labute approximate surface area is 283 Å². The molecule has 9 heteroatoms. The highest BCUT2D eigenvalue weighted by Gasteiger charge is 2.36. The number of sulfonamides is 1. The second kappa shape index (κ2) is 15.6. The Balaban J connectivity index is 1.58. The summed E-state index contributed by atoms with van der Waals surface area (Å²) in [6.07, 6.45) is 5.31. The molecule has 5 rings (SSSR count). The molecule has 0 unspecified atom stereocenters. The first-order valence-electron chi connectivity index (χ1n) is 16.1. The van der Waals surface area contributed by atoms with Crippen molar-refractivity contribution < 1.29 is 18.0 Å². The van der Waals surface area contributed by atoms with E-state index in [0.29, 0.717) is 16.3 Å². The number of aryl methyl sites for hydroxylation is 2. The van der Waals surface area contributed by atoms with Crippen molar-refractivity contribution in [3.8, 4) is 0 Å². The molecule has 0 bridgehead atoms. The molecule has 4 aromatic rings. The van der Waals surface area contributed by atoms with Gasteiger partial charge in [-0.05, 0) is 67.6 Å². The minimum Gasteiger partial charge on any atom is -0.352 e. The number of benzene rings is 4. The summed E-state index contributed by atoms with van der Waals surface area (Å²) in [6, 6.07) is 29.6. The highest BCUT2D eigenvalue weighted by molar-refractivity contribution is 7.92. The Bertz CT molecular complexity index is 1780. The van der Waals surface area contributed by atoms with E-state index >= 15 is 0 Å². The molecule has 0 spiro atoms. The SMILES string of the molecule is Cc1cccc(CN(C(=O)CN(c2cc(Cl)ccc2C)S(=O)(=O)c2ccccc2)[C@@H](Cc2ccccc2)C(=O)NC2CCCCC2)c1. The molecule has 0 heterocycles. The number of hydrogen-bond donors (Lipinski definition) is 1. The number of carbonyl (C=O) groups is 2. The van der Waals surface area contributed by atoms with E-state index in [-0.39, 0.29) is 29.8 Å². The molecule has 1 N–H and O–H groups in total. The van der Waals surface area contributed by atoms with E-state index in [1.807, 2.05) is 61.5 Å². The molecule has 0 aromatic heterocycles. The van der Waals surface area contributed by atoms with Crippen LogP contribution in [0.3, 0.4) is 0 Å². The number of amides is 2. The molecule has 1 aliphatic carbocycles. The molecule has 47 heavy (non-hydrogen) atoms. The van der Waals surface area contributed by atoms with Gasteiger partial charge in [0.05, 0.1) is 10.6 Å². The predicted molar refractivity (Wildman–Crippen MR) is 188 cm³/mol. The van der Waals surface area contributed by atoms with Gasteiger partial charge in [0.2, 0.25) is 11.8 Å². The van der Waals surface area contributed by atoms with E-state index in [1.165, 1.54) is 12.1 Å². The zero-order chi connectivity index (χ0) is 33.4. The van der Waals surface area contributed by atoms with Gasteiger partial charge in [0.15, 0.2) is 0 Å². The lowest BCUT2D eigenvalue weighted by molar-refractivity contribution is -0.140. The summed E-state index contributed by atoms with van der Waals surface area (Å²) in [5.74, 6) is -0.733. The van der Waals surface area contributed by atoms with Crippen molar-refractivity contribution in [3.63, 3.8) is 0 Å². The molecule has 1 fully saturated rings. The van der Waals surface area contributed by atoms with Crippen LogP contribution in [0.2, 0.25) is 5.02 Å². The second-order valence-corrected chi connectivity index (χ2v) is 14.6. The van der Waals surface area contributed by atoms with Crippen molar-refractivity contribution in [2.24, 2.45) is 0 Å². The topological polar surface area (TPSA) is 86.8 Å². The number of nitrogens with one attached hydrogen (secondary N) is 1. The van der Waals surface area contributed by atoms with E-state index in [2.05, 4.69) is 5.32 Å². The number of rotatable bonds is 12. The highest BCUT2D eigenvalue weighted by atomic mass is 35.5. The van der Waals surface area contributed by atoms with Gasteiger partial charge >= 0.3 is 0 Å². The second-order valence-electron chi connectivity index (χ2n) is 12.3. The Morgan fingerprint density at radius 3 is 2.17 bits per heavy atom. The molecule has 1 atom stereocenters.